The summed E-state index contributed by atoms with van der Waals surface area (Å²) in [5.41, 5.74) is 0.881. The molecule has 0 amide bonds. The summed E-state index contributed by atoms with van der Waals surface area (Å²) >= 11 is 0. The van der Waals surface area contributed by atoms with Gasteiger partial charge in [-0.1, -0.05) is 47.1 Å². The van der Waals surface area contributed by atoms with Crippen molar-refractivity contribution in [3.8, 4) is 0 Å². The second-order valence-electron chi connectivity index (χ2n) is 20.9. The molecule has 0 radical (unpaired) electrons. The van der Waals surface area contributed by atoms with Gasteiger partial charge in [0.05, 0.1) is 11.5 Å². The highest BCUT2D eigenvalue weighted by molar-refractivity contribution is 5.95. The van der Waals surface area contributed by atoms with E-state index in [1.165, 1.54) is 0 Å². The third-order valence-electron chi connectivity index (χ3n) is 17.4. The minimum atomic E-state index is -2.97. The van der Waals surface area contributed by atoms with E-state index >= 15 is 0 Å². The van der Waals surface area contributed by atoms with E-state index in [4.69, 9.17) is 24.7 Å². The molecule has 332 valence electrons. The van der Waals surface area contributed by atoms with E-state index in [0.29, 0.717) is 38.5 Å². The smallest absolute Gasteiger partial charge is 0.354 e. The molecule has 7 aliphatic rings. The largest absolute Gasteiger partial charge is 0.481 e. The molecule has 10 N–H and O–H groups in total. The third kappa shape index (κ3) is 6.30. The highest BCUT2D eigenvalue weighted by Crippen LogP contribution is 2.75. The first-order valence-electron chi connectivity index (χ1n) is 20.9. The van der Waals surface area contributed by atoms with Crippen LogP contribution in [0.3, 0.4) is 0 Å². The van der Waals surface area contributed by atoms with Gasteiger partial charge in [-0.15, -0.1) is 0 Å². The van der Waals surface area contributed by atoms with Crippen LogP contribution in [-0.4, -0.2) is 132 Å². The van der Waals surface area contributed by atoms with Gasteiger partial charge in [-0.25, -0.2) is 9.59 Å². The Bertz CT molecular complexity index is 1790. The van der Waals surface area contributed by atoms with Crippen LogP contribution in [-0.2, 0) is 38.1 Å². The second kappa shape index (κ2) is 14.2. The second-order valence-corrected chi connectivity index (χ2v) is 20.9. The standard InChI is InChI=1S/C42H63NO16/c1-36(2)21-8-11-41(7)29(20(44)16-18-19-17-38(4,34(52)53)13-12-37(19,3)14-15-40(18,41)6)39(21,5)10-9-22(36)56-33-28(24(46)23(45)27(57-33)31(50)51)58-32-26(48)25(47)30(49)42(43,59-32)35(54)55/h16,19,21-30,32-33,45-49H,8-15,17,43H2,1-7H3,(H,50,51)(H,52,53)(H,54,55)/t19-,21-,22-,23-,24-,25+,26+,27-,28+,29+,30-,32+,33-,37+,38-,39-,40+,41+,42-/m0/s1. The Balaban J connectivity index is 1.18. The Labute approximate surface area is 343 Å². The molecule has 6 fully saturated rings. The zero-order valence-electron chi connectivity index (χ0n) is 34.9. The molecule has 2 aliphatic heterocycles. The van der Waals surface area contributed by atoms with Crippen molar-refractivity contribution in [1.82, 2.24) is 0 Å². The Hall–Kier alpha value is -2.58. The Kier molecular flexibility index (Phi) is 10.7. The number of aliphatic carboxylic acids is 3. The third-order valence-corrected chi connectivity index (χ3v) is 17.4. The average molecular weight is 838 g/mol. The first kappa shape index (κ1) is 44.5. The molecule has 2 saturated heterocycles. The highest BCUT2D eigenvalue weighted by Gasteiger charge is 2.71. The fourth-order valence-corrected chi connectivity index (χ4v) is 13.4. The monoisotopic (exact) mass is 837 g/mol. The quantitative estimate of drug-likeness (QED) is 0.164. The van der Waals surface area contributed by atoms with Crippen molar-refractivity contribution in [3.63, 3.8) is 0 Å². The van der Waals surface area contributed by atoms with Crippen molar-refractivity contribution in [2.24, 2.45) is 56.0 Å². The lowest BCUT2D eigenvalue weighted by Gasteiger charge is -2.70. The number of carboxylic acid groups (broad SMARTS) is 3. The first-order valence-corrected chi connectivity index (χ1v) is 20.9. The molecule has 2 heterocycles. The maximum atomic E-state index is 14.9. The Morgan fingerprint density at radius 1 is 0.763 bits per heavy atom. The lowest BCUT2D eigenvalue weighted by Crippen LogP contribution is -2.73. The normalized spacial score (nSPS) is 53.1. The van der Waals surface area contributed by atoms with Crippen LogP contribution in [0.25, 0.3) is 0 Å². The van der Waals surface area contributed by atoms with Gasteiger partial charge in [0, 0.05) is 5.92 Å². The summed E-state index contributed by atoms with van der Waals surface area (Å²) in [7, 11) is 0. The molecule has 5 aliphatic carbocycles. The Morgan fingerprint density at radius 3 is 2.02 bits per heavy atom. The van der Waals surface area contributed by atoms with Gasteiger partial charge in [0.25, 0.3) is 0 Å². The summed E-state index contributed by atoms with van der Waals surface area (Å²) in [6, 6.07) is 0. The van der Waals surface area contributed by atoms with E-state index in [9.17, 15) is 60.0 Å². The SMILES string of the molecule is CC1(C)[C@@H](O[C@H]2O[C@H](C(=O)O)[C@@H](O)[C@H](O)[C@H]2O[C@@H]2O[C@](N)(C(=O)O)[C@@H](O)[C@H](O)[C@H]2O)CC[C@]2(C)[C@H]3C(=O)C=C4[C@@H]5C[C@@](C)(C(=O)O)CC[C@]5(C)CC[C@@]4(C)[C@]3(C)CC[C@@H]12. The lowest BCUT2D eigenvalue weighted by molar-refractivity contribution is -0.382. The average Bonchev–Trinajstić information content (AvgIpc) is 3.14. The molecule has 59 heavy (non-hydrogen) atoms. The van der Waals surface area contributed by atoms with Crippen LogP contribution in [0.5, 0.6) is 0 Å². The number of nitrogens with two attached hydrogens (primary N) is 1. The molecule has 0 aromatic carbocycles. The summed E-state index contributed by atoms with van der Waals surface area (Å²) < 4.78 is 23.3. The fraction of sp³-hybridized carbons (Fsp3) is 0.857. The number of hydrogen-bond donors (Lipinski definition) is 9. The zero-order chi connectivity index (χ0) is 43.8. The van der Waals surface area contributed by atoms with E-state index in [-0.39, 0.29) is 34.4 Å². The minimum absolute atomic E-state index is 0.0306. The molecular weight excluding hydrogens is 774 g/mol. The van der Waals surface area contributed by atoms with Crippen molar-refractivity contribution in [2.45, 2.75) is 173 Å². The number of aliphatic hydroxyl groups is 5. The van der Waals surface area contributed by atoms with E-state index in [1.54, 1.807) is 0 Å². The van der Waals surface area contributed by atoms with Gasteiger partial charge in [-0.3, -0.25) is 15.3 Å². The molecule has 7 rings (SSSR count). The van der Waals surface area contributed by atoms with Crippen LogP contribution >= 0.6 is 0 Å². The van der Waals surface area contributed by atoms with Crippen LogP contribution in [0, 0.1) is 50.2 Å². The topological polar surface area (TPSA) is 293 Å². The number of aliphatic hydroxyl groups excluding tert-OH is 5. The van der Waals surface area contributed by atoms with Gasteiger partial charge in [0.15, 0.2) is 24.5 Å². The Morgan fingerprint density at radius 2 is 1.41 bits per heavy atom. The van der Waals surface area contributed by atoms with Gasteiger partial charge in [-0.2, -0.15) is 0 Å². The van der Waals surface area contributed by atoms with Crippen molar-refractivity contribution in [1.29, 1.82) is 0 Å². The fourth-order valence-electron chi connectivity index (χ4n) is 13.4. The van der Waals surface area contributed by atoms with Crippen LogP contribution in [0.1, 0.15) is 106 Å². The van der Waals surface area contributed by atoms with Crippen LogP contribution in [0.4, 0.5) is 0 Å². The summed E-state index contributed by atoms with van der Waals surface area (Å²) in [6.07, 6.45) is -11.3. The molecule has 0 aromatic rings. The predicted octanol–water partition coefficient (Wildman–Crippen LogP) is 1.53. The number of ketones is 1. The molecule has 17 heteroatoms. The molecule has 0 unspecified atom stereocenters. The van der Waals surface area contributed by atoms with Gasteiger partial charge >= 0.3 is 17.9 Å². The van der Waals surface area contributed by atoms with Crippen LogP contribution < -0.4 is 5.73 Å². The van der Waals surface area contributed by atoms with Crippen LogP contribution in [0.15, 0.2) is 11.6 Å². The lowest BCUT2D eigenvalue weighted by atomic mass is 9.33. The maximum absolute atomic E-state index is 14.9. The number of fused-ring (bicyclic) bond motifs is 7. The summed E-state index contributed by atoms with van der Waals surface area (Å²) in [5, 5.41) is 83.5. The molecule has 0 spiro atoms. The van der Waals surface area contributed by atoms with E-state index in [2.05, 4.69) is 27.7 Å². The molecular formula is C42H63NO16. The number of carbonyl (C=O) groups excluding carboxylic acids is 1. The summed E-state index contributed by atoms with van der Waals surface area (Å²) in [4.78, 5) is 51.5. The van der Waals surface area contributed by atoms with Gasteiger partial charge < -0.3 is 59.8 Å². The van der Waals surface area contributed by atoms with Crippen LogP contribution in [0.2, 0.25) is 0 Å². The molecule has 19 atom stereocenters. The van der Waals surface area contributed by atoms with Gasteiger partial charge in [-0.05, 0) is 110 Å². The van der Waals surface area contributed by atoms with E-state index in [0.717, 1.165) is 24.8 Å². The predicted molar refractivity (Wildman–Crippen MR) is 203 cm³/mol. The van der Waals surface area contributed by atoms with Crippen molar-refractivity contribution >= 4 is 23.7 Å². The highest BCUT2D eigenvalue weighted by atomic mass is 16.8. The number of hydrogen-bond acceptors (Lipinski definition) is 14. The van der Waals surface area contributed by atoms with Crippen molar-refractivity contribution in [3.05, 3.63) is 11.6 Å². The number of ether oxygens (including phenoxy) is 4. The molecule has 17 nitrogen and oxygen atoms in total. The van der Waals surface area contributed by atoms with E-state index < -0.39 is 107 Å². The number of rotatable bonds is 7. The number of carbonyl (C=O) groups is 4. The van der Waals surface area contributed by atoms with Crippen molar-refractivity contribution in [2.75, 3.05) is 0 Å². The van der Waals surface area contributed by atoms with Gasteiger partial charge in [0.1, 0.15) is 36.6 Å². The minimum Gasteiger partial charge on any atom is -0.481 e. The van der Waals surface area contributed by atoms with Gasteiger partial charge in [0.2, 0.25) is 5.72 Å². The first-order chi connectivity index (χ1) is 27.1. The summed E-state index contributed by atoms with van der Waals surface area (Å²) in [5.74, 6) is -4.79. The number of carboxylic acids is 3. The zero-order valence-corrected chi connectivity index (χ0v) is 34.9. The molecule has 0 bridgehead atoms. The molecule has 0 aromatic heterocycles. The molecule has 4 saturated carbocycles. The maximum Gasteiger partial charge on any atom is 0.354 e. The summed E-state index contributed by atoms with van der Waals surface area (Å²) in [6.45, 7) is 14.8. The van der Waals surface area contributed by atoms with E-state index in [1.807, 2.05) is 26.8 Å². The van der Waals surface area contributed by atoms with Crippen molar-refractivity contribution < 1.29 is 79.0 Å². The number of allylic oxidation sites excluding steroid dienone is 2.